The number of amides is 1. The van der Waals surface area contributed by atoms with Crippen LogP contribution in [0.3, 0.4) is 0 Å². The van der Waals surface area contributed by atoms with Crippen LogP contribution < -0.4 is 10.9 Å². The van der Waals surface area contributed by atoms with Crippen LogP contribution in [0.2, 0.25) is 0 Å². The first-order chi connectivity index (χ1) is 16.6. The summed E-state index contributed by atoms with van der Waals surface area (Å²) < 4.78 is 1.59. The molecule has 0 fully saturated rings. The van der Waals surface area contributed by atoms with Crippen molar-refractivity contribution in [1.29, 1.82) is 0 Å². The maximum Gasteiger partial charge on any atom is 0.282 e. The highest BCUT2D eigenvalue weighted by Gasteiger charge is 2.16. The van der Waals surface area contributed by atoms with E-state index in [9.17, 15) is 9.59 Å². The van der Waals surface area contributed by atoms with Crippen LogP contribution in [0, 0.1) is 6.92 Å². The standard InChI is InChI=1S/C25H22N6O2S/c1-16-6-2-4-8-19(16)29-21(32)15-34-25-30-23-22(26-11-12-27-23)24(33)31(25)13-10-17-14-28-20-9-5-3-7-18(17)20/h2-9,11-12,14,28H,10,13,15H2,1H3,(H,29,32). The summed E-state index contributed by atoms with van der Waals surface area (Å²) in [5.41, 5.74) is 4.13. The molecule has 2 aromatic carbocycles. The van der Waals surface area contributed by atoms with E-state index >= 15 is 0 Å². The lowest BCUT2D eigenvalue weighted by Crippen LogP contribution is -2.26. The van der Waals surface area contributed by atoms with E-state index in [1.807, 2.05) is 55.6 Å². The summed E-state index contributed by atoms with van der Waals surface area (Å²) in [5.74, 6) is -0.0597. The molecule has 5 rings (SSSR count). The molecular weight excluding hydrogens is 448 g/mol. The van der Waals surface area contributed by atoms with Crippen LogP contribution in [0.5, 0.6) is 0 Å². The summed E-state index contributed by atoms with van der Waals surface area (Å²) in [6.07, 6.45) is 5.58. The second-order valence-corrected chi connectivity index (χ2v) is 8.78. The maximum absolute atomic E-state index is 13.3. The molecule has 0 aliphatic rings. The number of nitrogens with one attached hydrogen (secondary N) is 2. The first-order valence-electron chi connectivity index (χ1n) is 10.8. The molecule has 170 valence electrons. The minimum absolute atomic E-state index is 0.111. The number of benzene rings is 2. The van der Waals surface area contributed by atoms with Crippen LogP contribution >= 0.6 is 11.8 Å². The number of carbonyl (C=O) groups excluding carboxylic acids is 1. The number of aryl methyl sites for hydroxylation is 2. The lowest BCUT2D eigenvalue weighted by molar-refractivity contribution is -0.113. The molecule has 3 aromatic heterocycles. The Kier molecular flexibility index (Phi) is 6.09. The van der Waals surface area contributed by atoms with Gasteiger partial charge in [0, 0.05) is 41.7 Å². The summed E-state index contributed by atoms with van der Waals surface area (Å²) in [6, 6.07) is 15.6. The topological polar surface area (TPSA) is 106 Å². The van der Waals surface area contributed by atoms with E-state index in [1.165, 1.54) is 24.2 Å². The van der Waals surface area contributed by atoms with Gasteiger partial charge in [-0.2, -0.15) is 0 Å². The molecule has 1 amide bonds. The molecule has 3 heterocycles. The number of hydrogen-bond donors (Lipinski definition) is 2. The number of nitrogens with zero attached hydrogens (tertiary/aromatic N) is 4. The molecule has 0 aliphatic heterocycles. The van der Waals surface area contributed by atoms with Gasteiger partial charge in [0.25, 0.3) is 5.56 Å². The first kappa shape index (κ1) is 21.8. The summed E-state index contributed by atoms with van der Waals surface area (Å²) >= 11 is 1.21. The van der Waals surface area contributed by atoms with Crippen molar-refractivity contribution in [1.82, 2.24) is 24.5 Å². The highest BCUT2D eigenvalue weighted by molar-refractivity contribution is 7.99. The average molecular weight is 471 g/mol. The Morgan fingerprint density at radius 3 is 2.76 bits per heavy atom. The maximum atomic E-state index is 13.3. The number of carbonyl (C=O) groups is 1. The molecule has 0 atom stereocenters. The van der Waals surface area contributed by atoms with Gasteiger partial charge in [0.15, 0.2) is 16.3 Å². The van der Waals surface area contributed by atoms with Gasteiger partial charge in [-0.3, -0.25) is 14.2 Å². The highest BCUT2D eigenvalue weighted by atomic mass is 32.2. The van der Waals surface area contributed by atoms with Crippen molar-refractivity contribution in [3.8, 4) is 0 Å². The molecule has 0 spiro atoms. The minimum Gasteiger partial charge on any atom is -0.361 e. The number of hydrogen-bond acceptors (Lipinski definition) is 6. The summed E-state index contributed by atoms with van der Waals surface area (Å²) in [6.45, 7) is 2.34. The Hall–Kier alpha value is -3.98. The molecule has 2 N–H and O–H groups in total. The van der Waals surface area contributed by atoms with Crippen LogP contribution in [0.4, 0.5) is 5.69 Å². The molecule has 8 nitrogen and oxygen atoms in total. The number of aromatic amines is 1. The van der Waals surface area contributed by atoms with Gasteiger partial charge in [0.2, 0.25) is 5.91 Å². The molecule has 0 bridgehead atoms. The second kappa shape index (κ2) is 9.48. The van der Waals surface area contributed by atoms with Crippen LogP contribution in [-0.4, -0.2) is 36.2 Å². The molecule has 5 aromatic rings. The van der Waals surface area contributed by atoms with Gasteiger partial charge in [-0.05, 0) is 36.6 Å². The van der Waals surface area contributed by atoms with E-state index < -0.39 is 0 Å². The van der Waals surface area contributed by atoms with Crippen LogP contribution in [0.25, 0.3) is 22.1 Å². The predicted molar refractivity (Wildman–Crippen MR) is 134 cm³/mol. The zero-order chi connectivity index (χ0) is 23.5. The van der Waals surface area contributed by atoms with Gasteiger partial charge in [-0.25, -0.2) is 15.0 Å². The fourth-order valence-corrected chi connectivity index (χ4v) is 4.65. The van der Waals surface area contributed by atoms with Gasteiger partial charge in [0.1, 0.15) is 0 Å². The van der Waals surface area contributed by atoms with Crippen molar-refractivity contribution in [2.75, 3.05) is 11.1 Å². The third-order valence-electron chi connectivity index (χ3n) is 5.59. The molecule has 0 saturated heterocycles. The van der Waals surface area contributed by atoms with Crippen molar-refractivity contribution in [3.63, 3.8) is 0 Å². The summed E-state index contributed by atoms with van der Waals surface area (Å²) in [5, 5.41) is 4.48. The number of aromatic nitrogens is 5. The number of rotatable bonds is 7. The Morgan fingerprint density at radius 2 is 1.88 bits per heavy atom. The number of anilines is 1. The van der Waals surface area contributed by atoms with Gasteiger partial charge < -0.3 is 10.3 Å². The summed E-state index contributed by atoms with van der Waals surface area (Å²) in [4.78, 5) is 42.1. The zero-order valence-electron chi connectivity index (χ0n) is 18.5. The number of thioether (sulfide) groups is 1. The molecule has 0 aliphatic carbocycles. The molecule has 9 heteroatoms. The van der Waals surface area contributed by atoms with Gasteiger partial charge in [-0.1, -0.05) is 48.2 Å². The van der Waals surface area contributed by atoms with E-state index in [4.69, 9.17) is 0 Å². The van der Waals surface area contributed by atoms with Gasteiger partial charge in [-0.15, -0.1) is 0 Å². The molecule has 0 unspecified atom stereocenters. The third-order valence-corrected chi connectivity index (χ3v) is 6.57. The average Bonchev–Trinajstić information content (AvgIpc) is 3.27. The Bertz CT molecular complexity index is 1560. The number of H-pyrrole nitrogens is 1. The van der Waals surface area contributed by atoms with Crippen molar-refractivity contribution >= 4 is 45.4 Å². The molecule has 34 heavy (non-hydrogen) atoms. The Balaban J connectivity index is 1.41. The number of para-hydroxylation sites is 2. The quantitative estimate of drug-likeness (QED) is 0.276. The van der Waals surface area contributed by atoms with Crippen molar-refractivity contribution in [3.05, 3.63) is 88.6 Å². The molecule has 0 saturated carbocycles. The highest BCUT2D eigenvalue weighted by Crippen LogP contribution is 2.21. The Labute approximate surface area is 199 Å². The van der Waals surface area contributed by atoms with Crippen LogP contribution in [0.15, 0.2) is 77.1 Å². The molecular formula is C25H22N6O2S. The smallest absolute Gasteiger partial charge is 0.282 e. The van der Waals surface area contributed by atoms with E-state index in [0.717, 1.165) is 27.7 Å². The van der Waals surface area contributed by atoms with E-state index in [0.29, 0.717) is 18.1 Å². The SMILES string of the molecule is Cc1ccccc1NC(=O)CSc1nc2nccnc2c(=O)n1CCc1c[nH]c2ccccc12. The Morgan fingerprint density at radius 1 is 1.09 bits per heavy atom. The fourth-order valence-electron chi connectivity index (χ4n) is 3.84. The monoisotopic (exact) mass is 470 g/mol. The second-order valence-electron chi connectivity index (χ2n) is 7.84. The van der Waals surface area contributed by atoms with Gasteiger partial charge in [0.05, 0.1) is 5.75 Å². The van der Waals surface area contributed by atoms with Crippen molar-refractivity contribution in [2.45, 2.75) is 25.0 Å². The third kappa shape index (κ3) is 4.42. The largest absolute Gasteiger partial charge is 0.361 e. The lowest BCUT2D eigenvalue weighted by atomic mass is 10.1. The van der Waals surface area contributed by atoms with Crippen LogP contribution in [-0.2, 0) is 17.8 Å². The lowest BCUT2D eigenvalue weighted by Gasteiger charge is -2.13. The van der Waals surface area contributed by atoms with Gasteiger partial charge >= 0.3 is 0 Å². The van der Waals surface area contributed by atoms with E-state index in [1.54, 1.807) is 4.57 Å². The minimum atomic E-state index is -0.264. The summed E-state index contributed by atoms with van der Waals surface area (Å²) in [7, 11) is 0. The van der Waals surface area contributed by atoms with Crippen molar-refractivity contribution < 1.29 is 4.79 Å². The predicted octanol–water partition coefficient (Wildman–Crippen LogP) is 3.95. The zero-order valence-corrected chi connectivity index (χ0v) is 19.3. The van der Waals surface area contributed by atoms with Crippen LogP contribution in [0.1, 0.15) is 11.1 Å². The van der Waals surface area contributed by atoms with E-state index in [2.05, 4.69) is 31.3 Å². The first-order valence-corrected chi connectivity index (χ1v) is 11.8. The van der Waals surface area contributed by atoms with E-state index in [-0.39, 0.29) is 28.4 Å². The van der Waals surface area contributed by atoms with Crippen molar-refractivity contribution in [2.24, 2.45) is 0 Å². The number of fused-ring (bicyclic) bond motifs is 2. The normalized spacial score (nSPS) is 11.2. The fraction of sp³-hybridized carbons (Fsp3) is 0.160. The molecule has 0 radical (unpaired) electrons.